The van der Waals surface area contributed by atoms with Gasteiger partial charge in [-0.15, -0.1) is 0 Å². The van der Waals surface area contributed by atoms with Gasteiger partial charge in [-0.2, -0.15) is 0 Å². The maximum Gasteiger partial charge on any atom is 0.321 e. The number of carboxylic acid groups (broad SMARTS) is 1. The first-order chi connectivity index (χ1) is 12.0. The van der Waals surface area contributed by atoms with Crippen molar-refractivity contribution in [3.63, 3.8) is 0 Å². The molecule has 2 amide bonds. The second kappa shape index (κ2) is 7.17. The fourth-order valence-electron chi connectivity index (χ4n) is 3.60. The van der Waals surface area contributed by atoms with Gasteiger partial charge < -0.3 is 19.9 Å². The molecule has 25 heavy (non-hydrogen) atoms. The highest BCUT2D eigenvalue weighted by Crippen LogP contribution is 2.24. The molecule has 0 aliphatic carbocycles. The molecule has 0 radical (unpaired) electrons. The molecule has 2 aromatic rings. The van der Waals surface area contributed by atoms with Crippen LogP contribution in [0.2, 0.25) is 0 Å². The molecule has 1 saturated heterocycles. The van der Waals surface area contributed by atoms with E-state index in [1.54, 1.807) is 4.90 Å². The number of nitrogens with one attached hydrogen (secondary N) is 1. The molecule has 0 spiro atoms. The van der Waals surface area contributed by atoms with Crippen molar-refractivity contribution in [2.45, 2.75) is 33.2 Å². The molecular formula is C19H25N3O3. The number of hydrogen-bond donors (Lipinski definition) is 2. The summed E-state index contributed by atoms with van der Waals surface area (Å²) in [6, 6.07) is 7.70. The summed E-state index contributed by atoms with van der Waals surface area (Å²) in [7, 11) is 0. The average molecular weight is 343 g/mol. The minimum Gasteiger partial charge on any atom is -0.481 e. The number of anilines is 1. The normalized spacial score (nSPS) is 20.6. The number of piperidine rings is 1. The van der Waals surface area contributed by atoms with Crippen LogP contribution in [-0.4, -0.2) is 39.7 Å². The number of aryl methyl sites for hydroxylation is 1. The molecule has 1 aromatic heterocycles. The van der Waals surface area contributed by atoms with E-state index in [0.717, 1.165) is 29.6 Å². The number of carbonyl (C=O) groups excluding carboxylic acids is 1. The predicted molar refractivity (Wildman–Crippen MR) is 97.7 cm³/mol. The quantitative estimate of drug-likeness (QED) is 0.890. The van der Waals surface area contributed by atoms with Crippen LogP contribution in [0.15, 0.2) is 30.5 Å². The lowest BCUT2D eigenvalue weighted by atomic mass is 9.91. The Bertz CT molecular complexity index is 783. The van der Waals surface area contributed by atoms with E-state index in [4.69, 9.17) is 0 Å². The van der Waals surface area contributed by atoms with Gasteiger partial charge in [0.25, 0.3) is 0 Å². The molecule has 0 saturated carbocycles. The summed E-state index contributed by atoms with van der Waals surface area (Å²) in [5.41, 5.74) is 1.83. The standard InChI is InChI=1S/C19H25N3O3/c1-3-7-21-8-6-14-4-5-16(10-17(14)21)20-19(25)22-11-13(2)9-15(12-22)18(23)24/h4-6,8,10,13,15H,3,7,9,11-12H2,1-2H3,(H,20,25)(H,23,24). The Morgan fingerprint density at radius 2 is 2.08 bits per heavy atom. The van der Waals surface area contributed by atoms with Crippen LogP contribution in [0.1, 0.15) is 26.7 Å². The SMILES string of the molecule is CCCn1ccc2ccc(NC(=O)N3CC(C)CC(C(=O)O)C3)cc21. The molecule has 1 aliphatic heterocycles. The summed E-state index contributed by atoms with van der Waals surface area (Å²) in [6.45, 7) is 5.90. The Hall–Kier alpha value is -2.50. The van der Waals surface area contributed by atoms with Gasteiger partial charge in [0.2, 0.25) is 0 Å². The van der Waals surface area contributed by atoms with Crippen LogP contribution in [0.25, 0.3) is 10.9 Å². The van der Waals surface area contributed by atoms with E-state index in [-0.39, 0.29) is 18.5 Å². The Balaban J connectivity index is 1.74. The van der Waals surface area contributed by atoms with Gasteiger partial charge in [0.05, 0.1) is 11.4 Å². The minimum atomic E-state index is -0.830. The number of rotatable bonds is 4. The minimum absolute atomic E-state index is 0.185. The largest absolute Gasteiger partial charge is 0.481 e. The van der Waals surface area contributed by atoms with Crippen LogP contribution in [0, 0.1) is 11.8 Å². The third-order valence-corrected chi connectivity index (χ3v) is 4.79. The van der Waals surface area contributed by atoms with E-state index in [2.05, 4.69) is 29.1 Å². The number of fused-ring (bicyclic) bond motifs is 1. The number of carboxylic acids is 1. The smallest absolute Gasteiger partial charge is 0.321 e. The number of urea groups is 1. The van der Waals surface area contributed by atoms with Crippen molar-refractivity contribution in [2.75, 3.05) is 18.4 Å². The highest BCUT2D eigenvalue weighted by atomic mass is 16.4. The average Bonchev–Trinajstić information content (AvgIpc) is 2.97. The Morgan fingerprint density at radius 1 is 1.28 bits per heavy atom. The number of carbonyl (C=O) groups is 2. The third kappa shape index (κ3) is 3.78. The summed E-state index contributed by atoms with van der Waals surface area (Å²) >= 11 is 0. The van der Waals surface area contributed by atoms with E-state index < -0.39 is 11.9 Å². The molecule has 1 fully saturated rings. The molecule has 2 N–H and O–H groups in total. The number of amides is 2. The topological polar surface area (TPSA) is 74.6 Å². The highest BCUT2D eigenvalue weighted by molar-refractivity contribution is 5.93. The lowest BCUT2D eigenvalue weighted by Gasteiger charge is -2.34. The molecule has 6 nitrogen and oxygen atoms in total. The summed E-state index contributed by atoms with van der Waals surface area (Å²) in [5, 5.41) is 13.3. The number of likely N-dealkylation sites (tertiary alicyclic amines) is 1. The van der Waals surface area contributed by atoms with E-state index >= 15 is 0 Å². The van der Waals surface area contributed by atoms with Gasteiger partial charge in [-0.1, -0.05) is 19.9 Å². The molecule has 134 valence electrons. The molecule has 6 heteroatoms. The number of hydrogen-bond acceptors (Lipinski definition) is 2. The van der Waals surface area contributed by atoms with Crippen molar-refractivity contribution < 1.29 is 14.7 Å². The fourth-order valence-corrected chi connectivity index (χ4v) is 3.60. The first kappa shape index (κ1) is 17.3. The maximum atomic E-state index is 12.6. The Morgan fingerprint density at radius 3 is 2.80 bits per heavy atom. The lowest BCUT2D eigenvalue weighted by molar-refractivity contribution is -0.143. The fraction of sp³-hybridized carbons (Fsp3) is 0.474. The summed E-state index contributed by atoms with van der Waals surface area (Å²) in [4.78, 5) is 25.5. The molecule has 3 rings (SSSR count). The number of benzene rings is 1. The zero-order chi connectivity index (χ0) is 18.0. The van der Waals surface area contributed by atoms with Gasteiger partial charge in [0.1, 0.15) is 0 Å². The van der Waals surface area contributed by atoms with Crippen molar-refractivity contribution in [1.82, 2.24) is 9.47 Å². The maximum absolute atomic E-state index is 12.6. The van der Waals surface area contributed by atoms with E-state index in [0.29, 0.717) is 13.0 Å². The van der Waals surface area contributed by atoms with Crippen molar-refractivity contribution in [3.8, 4) is 0 Å². The van der Waals surface area contributed by atoms with Gasteiger partial charge >= 0.3 is 12.0 Å². The predicted octanol–water partition coefficient (Wildman–Crippen LogP) is 3.63. The van der Waals surface area contributed by atoms with Gasteiger partial charge in [-0.3, -0.25) is 4.79 Å². The van der Waals surface area contributed by atoms with E-state index in [9.17, 15) is 14.7 Å². The lowest BCUT2D eigenvalue weighted by Crippen LogP contribution is -2.47. The van der Waals surface area contributed by atoms with E-state index in [1.807, 2.05) is 25.1 Å². The van der Waals surface area contributed by atoms with Crippen LogP contribution in [0.4, 0.5) is 10.5 Å². The van der Waals surface area contributed by atoms with E-state index in [1.165, 1.54) is 0 Å². The van der Waals surface area contributed by atoms with Crippen molar-refractivity contribution in [2.24, 2.45) is 11.8 Å². The second-order valence-corrected chi connectivity index (χ2v) is 6.99. The van der Waals surface area contributed by atoms with Gasteiger partial charge in [0, 0.05) is 31.5 Å². The highest BCUT2D eigenvalue weighted by Gasteiger charge is 2.31. The molecule has 0 bridgehead atoms. The van der Waals surface area contributed by atoms with Gasteiger partial charge in [-0.05, 0) is 42.3 Å². The Labute approximate surface area is 147 Å². The van der Waals surface area contributed by atoms with Crippen molar-refractivity contribution >= 4 is 28.6 Å². The summed E-state index contributed by atoms with van der Waals surface area (Å²) in [6.07, 6.45) is 3.72. The van der Waals surface area contributed by atoms with Gasteiger partial charge in [0.15, 0.2) is 0 Å². The van der Waals surface area contributed by atoms with Crippen LogP contribution in [0.5, 0.6) is 0 Å². The zero-order valence-electron chi connectivity index (χ0n) is 14.7. The third-order valence-electron chi connectivity index (χ3n) is 4.79. The molecule has 1 aromatic carbocycles. The van der Waals surface area contributed by atoms with Crippen LogP contribution in [-0.2, 0) is 11.3 Å². The van der Waals surface area contributed by atoms with Crippen LogP contribution < -0.4 is 5.32 Å². The molecule has 1 aliphatic rings. The van der Waals surface area contributed by atoms with Crippen LogP contribution >= 0.6 is 0 Å². The number of aliphatic carboxylic acids is 1. The zero-order valence-corrected chi connectivity index (χ0v) is 14.7. The van der Waals surface area contributed by atoms with Crippen LogP contribution in [0.3, 0.4) is 0 Å². The second-order valence-electron chi connectivity index (χ2n) is 6.99. The monoisotopic (exact) mass is 343 g/mol. The molecular weight excluding hydrogens is 318 g/mol. The molecule has 2 atom stereocenters. The molecule has 2 unspecified atom stereocenters. The first-order valence-electron chi connectivity index (χ1n) is 8.85. The number of nitrogens with zero attached hydrogens (tertiary/aromatic N) is 2. The molecule has 2 heterocycles. The number of aromatic nitrogens is 1. The van der Waals surface area contributed by atoms with Crippen molar-refractivity contribution in [1.29, 1.82) is 0 Å². The first-order valence-corrected chi connectivity index (χ1v) is 8.85. The van der Waals surface area contributed by atoms with Crippen molar-refractivity contribution in [3.05, 3.63) is 30.5 Å². The van der Waals surface area contributed by atoms with Gasteiger partial charge in [-0.25, -0.2) is 4.79 Å². The summed E-state index contributed by atoms with van der Waals surface area (Å²) in [5.74, 6) is -1.13. The Kier molecular flexibility index (Phi) is 4.97. The summed E-state index contributed by atoms with van der Waals surface area (Å²) < 4.78 is 2.18.